The second-order valence-corrected chi connectivity index (χ2v) is 9.35. The summed E-state index contributed by atoms with van der Waals surface area (Å²) >= 11 is 0. The molecule has 1 saturated carbocycles. The van der Waals surface area contributed by atoms with Crippen LogP contribution in [0.4, 0.5) is 0 Å². The van der Waals surface area contributed by atoms with Crippen LogP contribution in [0.1, 0.15) is 64.3 Å². The lowest BCUT2D eigenvalue weighted by molar-refractivity contribution is -0.132. The molecule has 0 N–H and O–H groups in total. The molecule has 5 heteroatoms. The highest BCUT2D eigenvalue weighted by Crippen LogP contribution is 2.32. The van der Waals surface area contributed by atoms with Crippen LogP contribution < -0.4 is 4.74 Å². The van der Waals surface area contributed by atoms with Gasteiger partial charge in [0.1, 0.15) is 11.9 Å². The molecule has 1 aliphatic carbocycles. The highest BCUT2D eigenvalue weighted by Gasteiger charge is 2.29. The minimum Gasteiger partial charge on any atom is -0.490 e. The van der Waals surface area contributed by atoms with Crippen LogP contribution in [0.25, 0.3) is 10.9 Å². The molecule has 0 spiro atoms. The van der Waals surface area contributed by atoms with Gasteiger partial charge in [-0.1, -0.05) is 13.3 Å². The summed E-state index contributed by atoms with van der Waals surface area (Å²) in [4.78, 5) is 16.6. The molecule has 2 aliphatic heterocycles. The van der Waals surface area contributed by atoms with E-state index in [4.69, 9.17) is 4.74 Å². The Morgan fingerprint density at radius 2 is 1.73 bits per heavy atom. The number of fused-ring (bicyclic) bond motifs is 1. The quantitative estimate of drug-likeness (QED) is 0.724. The van der Waals surface area contributed by atoms with E-state index in [1.807, 2.05) is 11.8 Å². The molecule has 162 valence electrons. The van der Waals surface area contributed by atoms with Gasteiger partial charge in [0.05, 0.1) is 0 Å². The van der Waals surface area contributed by atoms with Crippen LogP contribution in [0.3, 0.4) is 0 Å². The van der Waals surface area contributed by atoms with Crippen molar-refractivity contribution < 1.29 is 9.53 Å². The number of hydrogen-bond donors (Lipinski definition) is 0. The number of carbonyl (C=O) groups is 1. The third-order valence-corrected chi connectivity index (χ3v) is 7.58. The fourth-order valence-electron chi connectivity index (χ4n) is 5.45. The van der Waals surface area contributed by atoms with Crippen LogP contribution in [0.5, 0.6) is 5.75 Å². The predicted molar refractivity (Wildman–Crippen MR) is 120 cm³/mol. The monoisotopic (exact) mass is 409 g/mol. The molecule has 0 unspecified atom stereocenters. The molecule has 5 rings (SSSR count). The molecule has 30 heavy (non-hydrogen) atoms. The molecule has 3 heterocycles. The SMILES string of the molecule is CCC(=O)N1CCC(n2ccc3cc(OC4CCN(C5CCC5)CC4)ccc32)CC1. The van der Waals surface area contributed by atoms with Crippen molar-refractivity contribution >= 4 is 16.8 Å². The van der Waals surface area contributed by atoms with E-state index in [9.17, 15) is 4.79 Å². The van der Waals surface area contributed by atoms with Gasteiger partial charge in [-0.25, -0.2) is 0 Å². The van der Waals surface area contributed by atoms with Gasteiger partial charge in [-0.3, -0.25) is 4.79 Å². The smallest absolute Gasteiger partial charge is 0.222 e. The third kappa shape index (κ3) is 3.96. The maximum atomic E-state index is 11.9. The zero-order valence-corrected chi connectivity index (χ0v) is 18.3. The fourth-order valence-corrected chi connectivity index (χ4v) is 5.45. The number of nitrogens with zero attached hydrogens (tertiary/aromatic N) is 3. The number of amides is 1. The van der Waals surface area contributed by atoms with Gasteiger partial charge in [0, 0.05) is 61.8 Å². The lowest BCUT2D eigenvalue weighted by atomic mass is 9.90. The third-order valence-electron chi connectivity index (χ3n) is 7.58. The van der Waals surface area contributed by atoms with Crippen LogP contribution in [0.2, 0.25) is 0 Å². The number of carbonyl (C=O) groups excluding carboxylic acids is 1. The van der Waals surface area contributed by atoms with E-state index >= 15 is 0 Å². The van der Waals surface area contributed by atoms with Crippen LogP contribution in [-0.2, 0) is 4.79 Å². The second-order valence-electron chi connectivity index (χ2n) is 9.35. The van der Waals surface area contributed by atoms with E-state index < -0.39 is 0 Å². The molecule has 1 aromatic carbocycles. The predicted octanol–water partition coefficient (Wildman–Crippen LogP) is 4.61. The van der Waals surface area contributed by atoms with Crippen molar-refractivity contribution in [3.63, 3.8) is 0 Å². The zero-order chi connectivity index (χ0) is 20.5. The van der Waals surface area contributed by atoms with E-state index in [2.05, 4.69) is 39.9 Å². The van der Waals surface area contributed by atoms with Crippen molar-refractivity contribution in [2.45, 2.75) is 76.5 Å². The minimum absolute atomic E-state index is 0.283. The summed E-state index contributed by atoms with van der Waals surface area (Å²) in [6, 6.07) is 10.1. The largest absolute Gasteiger partial charge is 0.490 e. The second kappa shape index (κ2) is 8.62. The zero-order valence-electron chi connectivity index (χ0n) is 18.3. The lowest BCUT2D eigenvalue weighted by Crippen LogP contribution is -2.46. The number of hydrogen-bond acceptors (Lipinski definition) is 3. The summed E-state index contributed by atoms with van der Waals surface area (Å²) in [6.45, 7) is 6.07. The van der Waals surface area contributed by atoms with Gasteiger partial charge in [-0.05, 0) is 62.8 Å². The van der Waals surface area contributed by atoms with Gasteiger partial charge >= 0.3 is 0 Å². The number of rotatable bonds is 5. The average molecular weight is 410 g/mol. The van der Waals surface area contributed by atoms with Crippen LogP contribution in [0.15, 0.2) is 30.5 Å². The maximum absolute atomic E-state index is 11.9. The summed E-state index contributed by atoms with van der Waals surface area (Å²) < 4.78 is 8.78. The maximum Gasteiger partial charge on any atom is 0.222 e. The minimum atomic E-state index is 0.283. The summed E-state index contributed by atoms with van der Waals surface area (Å²) in [5.74, 6) is 1.29. The Labute approximate surface area is 180 Å². The number of ether oxygens (including phenoxy) is 1. The molecule has 0 atom stereocenters. The molecule has 0 bridgehead atoms. The number of likely N-dealkylation sites (tertiary alicyclic amines) is 2. The van der Waals surface area contributed by atoms with Gasteiger partial charge < -0.3 is 19.1 Å². The molecule has 5 nitrogen and oxygen atoms in total. The highest BCUT2D eigenvalue weighted by atomic mass is 16.5. The standard InChI is InChI=1S/C25H35N3O2/c1-2-25(29)27-13-9-21(10-14-27)28-17-8-19-18-23(6-7-24(19)28)30-22-11-15-26(16-12-22)20-4-3-5-20/h6-8,17-18,20-22H,2-5,9-16H2,1H3. The Hall–Kier alpha value is -2.01. The van der Waals surface area contributed by atoms with Gasteiger partial charge in [0.2, 0.25) is 5.91 Å². The van der Waals surface area contributed by atoms with Gasteiger partial charge in [0.15, 0.2) is 0 Å². The van der Waals surface area contributed by atoms with Gasteiger partial charge in [-0.15, -0.1) is 0 Å². The summed E-state index contributed by atoms with van der Waals surface area (Å²) in [5.41, 5.74) is 1.28. The Morgan fingerprint density at radius 1 is 0.967 bits per heavy atom. The van der Waals surface area contributed by atoms with E-state index in [0.29, 0.717) is 18.6 Å². The normalized spacial score (nSPS) is 22.4. The number of benzene rings is 1. The lowest BCUT2D eigenvalue weighted by Gasteiger charge is -2.41. The first-order chi connectivity index (χ1) is 14.7. The van der Waals surface area contributed by atoms with Crippen molar-refractivity contribution in [3.05, 3.63) is 30.5 Å². The van der Waals surface area contributed by atoms with Crippen molar-refractivity contribution in [1.82, 2.24) is 14.4 Å². The average Bonchev–Trinajstić information content (AvgIpc) is 3.17. The molecule has 1 amide bonds. The summed E-state index contributed by atoms with van der Waals surface area (Å²) in [6.07, 6.45) is 11.7. The van der Waals surface area contributed by atoms with E-state index in [0.717, 1.165) is 50.6 Å². The first-order valence-corrected chi connectivity index (χ1v) is 12.0. The first kappa shape index (κ1) is 19.9. The van der Waals surface area contributed by atoms with Crippen molar-refractivity contribution in [3.8, 4) is 5.75 Å². The Balaban J connectivity index is 1.20. The highest BCUT2D eigenvalue weighted by molar-refractivity contribution is 5.82. The van der Waals surface area contributed by atoms with Crippen LogP contribution in [-0.4, -0.2) is 58.6 Å². The molecule has 0 radical (unpaired) electrons. The van der Waals surface area contributed by atoms with Gasteiger partial charge in [0.25, 0.3) is 0 Å². The van der Waals surface area contributed by atoms with Crippen molar-refractivity contribution in [2.24, 2.45) is 0 Å². The van der Waals surface area contributed by atoms with Crippen molar-refractivity contribution in [2.75, 3.05) is 26.2 Å². The number of aromatic nitrogens is 1. The molecular formula is C25H35N3O2. The Morgan fingerprint density at radius 3 is 2.40 bits per heavy atom. The number of piperidine rings is 2. The van der Waals surface area contributed by atoms with Crippen LogP contribution in [0, 0.1) is 0 Å². The summed E-state index contributed by atoms with van der Waals surface area (Å²) in [7, 11) is 0. The van der Waals surface area contributed by atoms with Crippen LogP contribution >= 0.6 is 0 Å². The topological polar surface area (TPSA) is 37.7 Å². The van der Waals surface area contributed by atoms with E-state index in [-0.39, 0.29) is 5.91 Å². The first-order valence-electron chi connectivity index (χ1n) is 12.0. The molecular weight excluding hydrogens is 374 g/mol. The molecule has 2 aromatic rings. The Kier molecular flexibility index (Phi) is 5.72. The van der Waals surface area contributed by atoms with Crippen molar-refractivity contribution in [1.29, 1.82) is 0 Å². The van der Waals surface area contributed by atoms with E-state index in [1.54, 1.807) is 0 Å². The molecule has 2 saturated heterocycles. The Bertz CT molecular complexity index is 872. The molecule has 3 fully saturated rings. The molecule has 3 aliphatic rings. The molecule has 1 aromatic heterocycles. The van der Waals surface area contributed by atoms with Gasteiger partial charge in [-0.2, -0.15) is 0 Å². The fraction of sp³-hybridized carbons (Fsp3) is 0.640. The van der Waals surface area contributed by atoms with E-state index in [1.165, 1.54) is 43.3 Å². The summed E-state index contributed by atoms with van der Waals surface area (Å²) in [5, 5.41) is 1.26.